The molecule has 0 aliphatic heterocycles. The predicted molar refractivity (Wildman–Crippen MR) is 71.9 cm³/mol. The molecule has 0 spiro atoms. The molecule has 0 heterocycles. The number of esters is 1. The van der Waals surface area contributed by atoms with Gasteiger partial charge in [0.05, 0.1) is 12.4 Å². The SMILES string of the molecule is CCOC(=O)CSC(C)C(N)c1ccccc1. The van der Waals surface area contributed by atoms with Gasteiger partial charge in [0.1, 0.15) is 0 Å². The van der Waals surface area contributed by atoms with E-state index in [0.717, 1.165) is 5.56 Å². The summed E-state index contributed by atoms with van der Waals surface area (Å²) < 4.78 is 4.88. The van der Waals surface area contributed by atoms with Crippen LogP contribution in [-0.2, 0) is 9.53 Å². The summed E-state index contributed by atoms with van der Waals surface area (Å²) in [5, 5.41) is 0.182. The number of hydrogen-bond donors (Lipinski definition) is 1. The van der Waals surface area contributed by atoms with E-state index in [1.165, 1.54) is 11.8 Å². The van der Waals surface area contributed by atoms with E-state index in [4.69, 9.17) is 10.5 Å². The fourth-order valence-corrected chi connectivity index (χ4v) is 2.30. The Bertz CT molecular complexity index is 343. The summed E-state index contributed by atoms with van der Waals surface area (Å²) in [6.07, 6.45) is 0. The van der Waals surface area contributed by atoms with Crippen LogP contribution in [0.2, 0.25) is 0 Å². The van der Waals surface area contributed by atoms with Gasteiger partial charge in [-0.05, 0) is 12.5 Å². The van der Waals surface area contributed by atoms with Crippen molar-refractivity contribution in [2.75, 3.05) is 12.4 Å². The Morgan fingerprint density at radius 3 is 2.65 bits per heavy atom. The van der Waals surface area contributed by atoms with Gasteiger partial charge in [0.25, 0.3) is 0 Å². The largest absolute Gasteiger partial charge is 0.465 e. The van der Waals surface area contributed by atoms with E-state index >= 15 is 0 Å². The van der Waals surface area contributed by atoms with Crippen LogP contribution in [0.1, 0.15) is 25.5 Å². The Morgan fingerprint density at radius 1 is 1.41 bits per heavy atom. The van der Waals surface area contributed by atoms with E-state index in [0.29, 0.717) is 12.4 Å². The highest BCUT2D eigenvalue weighted by Gasteiger charge is 2.16. The summed E-state index contributed by atoms with van der Waals surface area (Å²) in [6, 6.07) is 9.86. The number of rotatable bonds is 6. The molecule has 1 aromatic carbocycles. The van der Waals surface area contributed by atoms with Gasteiger partial charge in [0.15, 0.2) is 0 Å². The lowest BCUT2D eigenvalue weighted by Crippen LogP contribution is -2.22. The van der Waals surface area contributed by atoms with Crippen molar-refractivity contribution in [2.45, 2.75) is 25.1 Å². The highest BCUT2D eigenvalue weighted by molar-refractivity contribution is 8.00. The van der Waals surface area contributed by atoms with Crippen LogP contribution in [0.3, 0.4) is 0 Å². The lowest BCUT2D eigenvalue weighted by Gasteiger charge is -2.19. The summed E-state index contributed by atoms with van der Waals surface area (Å²) in [6.45, 7) is 4.27. The molecule has 3 nitrogen and oxygen atoms in total. The Balaban J connectivity index is 2.42. The van der Waals surface area contributed by atoms with Crippen molar-refractivity contribution in [1.82, 2.24) is 0 Å². The second kappa shape index (κ2) is 7.35. The normalized spacial score (nSPS) is 14.1. The zero-order valence-corrected chi connectivity index (χ0v) is 11.1. The molecule has 0 saturated carbocycles. The first-order valence-electron chi connectivity index (χ1n) is 5.73. The zero-order valence-electron chi connectivity index (χ0n) is 10.3. The molecular weight excluding hydrogens is 234 g/mol. The number of ether oxygens (including phenoxy) is 1. The molecule has 4 heteroatoms. The molecule has 0 fully saturated rings. The molecule has 0 radical (unpaired) electrons. The number of carbonyl (C=O) groups is 1. The summed E-state index contributed by atoms with van der Waals surface area (Å²) in [5.74, 6) is 0.180. The minimum absolute atomic E-state index is 0.0596. The smallest absolute Gasteiger partial charge is 0.315 e. The van der Waals surface area contributed by atoms with Crippen LogP contribution in [0.4, 0.5) is 0 Å². The third kappa shape index (κ3) is 4.79. The van der Waals surface area contributed by atoms with E-state index < -0.39 is 0 Å². The number of thioether (sulfide) groups is 1. The van der Waals surface area contributed by atoms with Crippen LogP contribution in [0.25, 0.3) is 0 Å². The number of nitrogens with two attached hydrogens (primary N) is 1. The molecule has 2 unspecified atom stereocenters. The number of carbonyl (C=O) groups excluding carboxylic acids is 1. The van der Waals surface area contributed by atoms with Gasteiger partial charge in [-0.2, -0.15) is 0 Å². The van der Waals surface area contributed by atoms with E-state index in [1.807, 2.05) is 44.2 Å². The Morgan fingerprint density at radius 2 is 2.06 bits per heavy atom. The second-order valence-corrected chi connectivity index (χ2v) is 5.12. The van der Waals surface area contributed by atoms with E-state index in [2.05, 4.69) is 0 Å². The van der Waals surface area contributed by atoms with Gasteiger partial charge in [-0.3, -0.25) is 4.79 Å². The maximum Gasteiger partial charge on any atom is 0.315 e. The Kier molecular flexibility index (Phi) is 6.08. The van der Waals surface area contributed by atoms with Crippen molar-refractivity contribution in [3.8, 4) is 0 Å². The lowest BCUT2D eigenvalue weighted by molar-refractivity contribution is -0.139. The molecule has 2 N–H and O–H groups in total. The minimum atomic E-state index is -0.176. The molecule has 1 aromatic rings. The van der Waals surface area contributed by atoms with Crippen LogP contribution in [0.15, 0.2) is 30.3 Å². The topological polar surface area (TPSA) is 52.3 Å². The predicted octanol–water partition coefficient (Wildman–Crippen LogP) is 2.37. The maximum atomic E-state index is 11.2. The molecule has 0 amide bonds. The van der Waals surface area contributed by atoms with E-state index in [1.54, 1.807) is 0 Å². The fraction of sp³-hybridized carbons (Fsp3) is 0.462. The average Bonchev–Trinajstić information content (AvgIpc) is 2.36. The maximum absolute atomic E-state index is 11.2. The van der Waals surface area contributed by atoms with Gasteiger partial charge in [-0.25, -0.2) is 0 Å². The molecule has 0 saturated heterocycles. The number of hydrogen-bond acceptors (Lipinski definition) is 4. The van der Waals surface area contributed by atoms with Gasteiger partial charge >= 0.3 is 5.97 Å². The van der Waals surface area contributed by atoms with E-state index in [-0.39, 0.29) is 17.3 Å². The highest BCUT2D eigenvalue weighted by atomic mass is 32.2. The fourth-order valence-electron chi connectivity index (χ4n) is 1.45. The summed E-state index contributed by atoms with van der Waals surface area (Å²) in [5.41, 5.74) is 7.22. The third-order valence-corrected chi connectivity index (χ3v) is 3.68. The molecule has 0 aromatic heterocycles. The minimum Gasteiger partial charge on any atom is -0.465 e. The molecule has 94 valence electrons. The van der Waals surface area contributed by atoms with Gasteiger partial charge in [0, 0.05) is 11.3 Å². The zero-order chi connectivity index (χ0) is 12.7. The summed E-state index contributed by atoms with van der Waals surface area (Å²) >= 11 is 1.53. The Labute approximate surface area is 107 Å². The van der Waals surface area contributed by atoms with Gasteiger partial charge in [-0.15, -0.1) is 11.8 Å². The molecule has 0 aliphatic rings. The molecule has 0 bridgehead atoms. The average molecular weight is 253 g/mol. The molecule has 1 rings (SSSR count). The van der Waals surface area contributed by atoms with E-state index in [9.17, 15) is 4.79 Å². The van der Waals surface area contributed by atoms with Crippen molar-refractivity contribution >= 4 is 17.7 Å². The summed E-state index contributed by atoms with van der Waals surface area (Å²) in [4.78, 5) is 11.2. The van der Waals surface area contributed by atoms with Gasteiger partial charge in [0.2, 0.25) is 0 Å². The Hall–Kier alpha value is -1.00. The quantitative estimate of drug-likeness (QED) is 0.791. The molecule has 0 aliphatic carbocycles. The van der Waals surface area contributed by atoms with Crippen LogP contribution < -0.4 is 5.73 Å². The number of benzene rings is 1. The lowest BCUT2D eigenvalue weighted by atomic mass is 10.1. The van der Waals surface area contributed by atoms with Crippen molar-refractivity contribution in [1.29, 1.82) is 0 Å². The van der Waals surface area contributed by atoms with Crippen LogP contribution in [0, 0.1) is 0 Å². The van der Waals surface area contributed by atoms with Crippen LogP contribution in [-0.4, -0.2) is 23.6 Å². The standard InChI is InChI=1S/C13H19NO2S/c1-3-16-12(15)9-17-10(2)13(14)11-7-5-4-6-8-11/h4-8,10,13H,3,9,14H2,1-2H3. The second-order valence-electron chi connectivity index (χ2n) is 3.76. The van der Waals surface area contributed by atoms with Crippen LogP contribution >= 0.6 is 11.8 Å². The molecular formula is C13H19NO2S. The van der Waals surface area contributed by atoms with Gasteiger partial charge < -0.3 is 10.5 Å². The van der Waals surface area contributed by atoms with Gasteiger partial charge in [-0.1, -0.05) is 37.3 Å². The third-order valence-electron chi connectivity index (χ3n) is 2.46. The van der Waals surface area contributed by atoms with Crippen LogP contribution in [0.5, 0.6) is 0 Å². The molecule has 2 atom stereocenters. The molecule has 17 heavy (non-hydrogen) atoms. The summed E-state index contributed by atoms with van der Waals surface area (Å²) in [7, 11) is 0. The monoisotopic (exact) mass is 253 g/mol. The van der Waals surface area contributed by atoms with Crippen molar-refractivity contribution in [3.05, 3.63) is 35.9 Å². The van der Waals surface area contributed by atoms with Crippen molar-refractivity contribution < 1.29 is 9.53 Å². The highest BCUT2D eigenvalue weighted by Crippen LogP contribution is 2.24. The van der Waals surface area contributed by atoms with Crippen molar-refractivity contribution in [2.24, 2.45) is 5.73 Å². The first kappa shape index (κ1) is 14.1. The van der Waals surface area contributed by atoms with Crippen molar-refractivity contribution in [3.63, 3.8) is 0 Å². The first-order valence-corrected chi connectivity index (χ1v) is 6.77. The first-order chi connectivity index (χ1) is 8.15.